The van der Waals surface area contributed by atoms with Gasteiger partial charge in [0.2, 0.25) is 5.88 Å². The monoisotopic (exact) mass is 248 g/mol. The zero-order valence-electron chi connectivity index (χ0n) is 10.6. The second-order valence-corrected chi connectivity index (χ2v) is 5.15. The van der Waals surface area contributed by atoms with Gasteiger partial charge in [0.25, 0.3) is 0 Å². The molecule has 0 bridgehead atoms. The van der Waals surface area contributed by atoms with E-state index in [9.17, 15) is 9.90 Å². The van der Waals surface area contributed by atoms with Crippen molar-refractivity contribution in [2.45, 2.75) is 26.4 Å². The van der Waals surface area contributed by atoms with E-state index in [1.165, 1.54) is 6.20 Å². The molecule has 0 unspecified atom stereocenters. The van der Waals surface area contributed by atoms with Gasteiger partial charge in [-0.15, -0.1) is 0 Å². The number of hydrogen-bond donors (Lipinski definition) is 2. The SMILES string of the molecule is CC(C)(C)OC(=O)n1cc2ccc(N)cc2c1O. The van der Waals surface area contributed by atoms with Crippen molar-refractivity contribution in [1.82, 2.24) is 4.57 Å². The summed E-state index contributed by atoms with van der Waals surface area (Å²) in [5.41, 5.74) is 5.56. The molecule has 0 aliphatic rings. The second-order valence-electron chi connectivity index (χ2n) is 5.15. The van der Waals surface area contributed by atoms with Crippen LogP contribution >= 0.6 is 0 Å². The zero-order valence-corrected chi connectivity index (χ0v) is 10.6. The molecule has 0 spiro atoms. The van der Waals surface area contributed by atoms with E-state index >= 15 is 0 Å². The molecule has 0 saturated carbocycles. The third-order valence-corrected chi connectivity index (χ3v) is 2.40. The number of carbonyl (C=O) groups is 1. The van der Waals surface area contributed by atoms with Crippen LogP contribution in [0, 0.1) is 0 Å². The first-order valence-corrected chi connectivity index (χ1v) is 5.61. The predicted molar refractivity (Wildman–Crippen MR) is 69.6 cm³/mol. The van der Waals surface area contributed by atoms with E-state index in [-0.39, 0.29) is 5.88 Å². The third-order valence-electron chi connectivity index (χ3n) is 2.40. The smallest absolute Gasteiger partial charge is 0.421 e. The zero-order chi connectivity index (χ0) is 13.5. The van der Waals surface area contributed by atoms with Crippen LogP contribution in [0.1, 0.15) is 20.8 Å². The van der Waals surface area contributed by atoms with Gasteiger partial charge in [-0.1, -0.05) is 6.07 Å². The Hall–Kier alpha value is -2.17. The van der Waals surface area contributed by atoms with Crippen LogP contribution in [-0.2, 0) is 4.74 Å². The van der Waals surface area contributed by atoms with Crippen molar-refractivity contribution in [2.24, 2.45) is 0 Å². The normalized spacial score (nSPS) is 11.7. The van der Waals surface area contributed by atoms with E-state index < -0.39 is 11.7 Å². The molecule has 0 amide bonds. The van der Waals surface area contributed by atoms with Gasteiger partial charge in [0.15, 0.2) is 0 Å². The topological polar surface area (TPSA) is 77.5 Å². The molecule has 5 nitrogen and oxygen atoms in total. The van der Waals surface area contributed by atoms with Crippen molar-refractivity contribution in [1.29, 1.82) is 0 Å². The number of nitrogens with two attached hydrogens (primary N) is 1. The molecule has 2 rings (SSSR count). The summed E-state index contributed by atoms with van der Waals surface area (Å²) in [7, 11) is 0. The summed E-state index contributed by atoms with van der Waals surface area (Å²) in [4.78, 5) is 11.9. The van der Waals surface area contributed by atoms with Crippen LogP contribution in [0.2, 0.25) is 0 Å². The Bertz CT molecular complexity index is 608. The lowest BCUT2D eigenvalue weighted by atomic mass is 10.2. The number of carbonyl (C=O) groups excluding carboxylic acids is 1. The van der Waals surface area contributed by atoms with E-state index in [0.717, 1.165) is 9.95 Å². The largest absolute Gasteiger partial charge is 0.494 e. The summed E-state index contributed by atoms with van der Waals surface area (Å²) in [6.07, 6.45) is 0.910. The average Bonchev–Trinajstić information content (AvgIpc) is 2.54. The Morgan fingerprint density at radius 2 is 2.06 bits per heavy atom. The number of hydrogen-bond acceptors (Lipinski definition) is 4. The highest BCUT2D eigenvalue weighted by atomic mass is 16.6. The number of ether oxygens (including phenoxy) is 1. The van der Waals surface area contributed by atoms with Gasteiger partial charge in [-0.3, -0.25) is 0 Å². The molecule has 0 fully saturated rings. The fourth-order valence-corrected chi connectivity index (χ4v) is 1.66. The Morgan fingerprint density at radius 3 is 2.67 bits per heavy atom. The Kier molecular flexibility index (Phi) is 2.69. The van der Waals surface area contributed by atoms with E-state index in [1.807, 2.05) is 0 Å². The van der Waals surface area contributed by atoms with Gasteiger partial charge < -0.3 is 15.6 Å². The molecule has 18 heavy (non-hydrogen) atoms. The molecule has 2 aromatic rings. The molecule has 1 aromatic carbocycles. The molecule has 1 aromatic heterocycles. The molecule has 0 atom stereocenters. The first-order chi connectivity index (χ1) is 8.28. The molecule has 1 heterocycles. The summed E-state index contributed by atoms with van der Waals surface area (Å²) < 4.78 is 6.28. The van der Waals surface area contributed by atoms with E-state index in [4.69, 9.17) is 10.5 Å². The summed E-state index contributed by atoms with van der Waals surface area (Å²) in [6.45, 7) is 5.30. The highest BCUT2D eigenvalue weighted by Crippen LogP contribution is 2.29. The molecular weight excluding hydrogens is 232 g/mol. The van der Waals surface area contributed by atoms with Crippen molar-refractivity contribution in [3.8, 4) is 5.88 Å². The minimum atomic E-state index is -0.616. The van der Waals surface area contributed by atoms with Crippen LogP contribution in [0.4, 0.5) is 10.5 Å². The molecule has 5 heteroatoms. The fraction of sp³-hybridized carbons (Fsp3) is 0.308. The standard InChI is InChI=1S/C13H16N2O3/c1-13(2,3)18-12(17)15-7-8-4-5-9(14)6-10(8)11(15)16/h4-7,16H,14H2,1-3H3. The highest BCUT2D eigenvalue weighted by molar-refractivity contribution is 5.94. The first-order valence-electron chi connectivity index (χ1n) is 5.61. The fourth-order valence-electron chi connectivity index (χ4n) is 1.66. The van der Waals surface area contributed by atoms with Gasteiger partial charge in [-0.25, -0.2) is 9.36 Å². The molecule has 0 saturated heterocycles. The van der Waals surface area contributed by atoms with Crippen LogP contribution in [0.15, 0.2) is 24.4 Å². The lowest BCUT2D eigenvalue weighted by Gasteiger charge is -2.19. The van der Waals surface area contributed by atoms with Crippen LogP contribution in [0.25, 0.3) is 10.8 Å². The highest BCUT2D eigenvalue weighted by Gasteiger charge is 2.21. The quantitative estimate of drug-likeness (QED) is 0.703. The average molecular weight is 248 g/mol. The molecule has 3 N–H and O–H groups in total. The van der Waals surface area contributed by atoms with Gasteiger partial charge >= 0.3 is 6.09 Å². The lowest BCUT2D eigenvalue weighted by Crippen LogP contribution is -2.26. The summed E-state index contributed by atoms with van der Waals surface area (Å²) in [5, 5.41) is 11.2. The van der Waals surface area contributed by atoms with E-state index in [2.05, 4.69) is 0 Å². The maximum Gasteiger partial charge on any atom is 0.421 e. The van der Waals surface area contributed by atoms with Gasteiger partial charge in [-0.2, -0.15) is 0 Å². The second kappa shape index (κ2) is 3.94. The summed E-state index contributed by atoms with van der Waals surface area (Å²) in [6, 6.07) is 5.07. The van der Waals surface area contributed by atoms with Crippen molar-refractivity contribution >= 4 is 22.6 Å². The number of rotatable bonds is 0. The number of aromatic nitrogens is 1. The number of benzene rings is 1. The number of nitrogen functional groups attached to an aromatic ring is 1. The van der Waals surface area contributed by atoms with Gasteiger partial charge in [0.05, 0.1) is 0 Å². The Morgan fingerprint density at radius 1 is 1.39 bits per heavy atom. The summed E-state index contributed by atoms with van der Waals surface area (Å²) in [5.74, 6) is -0.161. The van der Waals surface area contributed by atoms with Crippen molar-refractivity contribution in [3.63, 3.8) is 0 Å². The molecule has 0 aliphatic carbocycles. The minimum absolute atomic E-state index is 0.161. The predicted octanol–water partition coefficient (Wildman–Crippen LogP) is 2.71. The molecule has 0 aliphatic heterocycles. The van der Waals surface area contributed by atoms with Gasteiger partial charge in [-0.05, 0) is 32.9 Å². The number of anilines is 1. The van der Waals surface area contributed by atoms with Crippen molar-refractivity contribution < 1.29 is 14.6 Å². The first kappa shape index (κ1) is 12.3. The Labute approximate surface area is 105 Å². The third kappa shape index (κ3) is 2.25. The number of aromatic hydroxyl groups is 1. The maximum absolute atomic E-state index is 11.9. The van der Waals surface area contributed by atoms with Crippen molar-refractivity contribution in [3.05, 3.63) is 24.4 Å². The van der Waals surface area contributed by atoms with Gasteiger partial charge in [0.1, 0.15) is 5.60 Å². The van der Waals surface area contributed by atoms with Crippen LogP contribution in [-0.4, -0.2) is 21.4 Å². The number of fused-ring (bicyclic) bond motifs is 1. The van der Waals surface area contributed by atoms with Crippen LogP contribution < -0.4 is 5.73 Å². The van der Waals surface area contributed by atoms with Gasteiger partial charge in [0, 0.05) is 22.7 Å². The molecule has 96 valence electrons. The minimum Gasteiger partial charge on any atom is -0.494 e. The van der Waals surface area contributed by atoms with Crippen molar-refractivity contribution in [2.75, 3.05) is 5.73 Å². The van der Waals surface area contributed by atoms with E-state index in [1.54, 1.807) is 39.0 Å². The number of nitrogens with zero attached hydrogens (tertiary/aromatic N) is 1. The molecule has 0 radical (unpaired) electrons. The Balaban J connectivity index is 2.46. The van der Waals surface area contributed by atoms with Crippen LogP contribution in [0.3, 0.4) is 0 Å². The van der Waals surface area contributed by atoms with Crippen LogP contribution in [0.5, 0.6) is 5.88 Å². The lowest BCUT2D eigenvalue weighted by molar-refractivity contribution is 0.0526. The van der Waals surface area contributed by atoms with E-state index in [0.29, 0.717) is 11.1 Å². The molecular formula is C13H16N2O3. The maximum atomic E-state index is 11.9. The summed E-state index contributed by atoms with van der Waals surface area (Å²) >= 11 is 0.